The summed E-state index contributed by atoms with van der Waals surface area (Å²) >= 11 is 0. The van der Waals surface area contributed by atoms with Gasteiger partial charge in [-0.1, -0.05) is 13.8 Å². The molecule has 4 atom stereocenters. The first kappa shape index (κ1) is 15.2. The fourth-order valence-corrected chi connectivity index (χ4v) is 3.47. The van der Waals surface area contributed by atoms with Crippen LogP contribution in [0, 0.1) is 11.3 Å². The number of nitrogens with one attached hydrogen (secondary N) is 1. The molecule has 1 saturated carbocycles. The zero-order valence-electron chi connectivity index (χ0n) is 11.9. The van der Waals surface area contributed by atoms with E-state index in [1.807, 2.05) is 13.8 Å². The van der Waals surface area contributed by atoms with Crippen molar-refractivity contribution in [2.75, 3.05) is 13.2 Å². The van der Waals surface area contributed by atoms with Gasteiger partial charge >= 0.3 is 0 Å². The lowest BCUT2D eigenvalue weighted by atomic mass is 9.46. The van der Waals surface area contributed by atoms with E-state index in [9.17, 15) is 14.7 Å². The molecule has 1 heterocycles. The summed E-state index contributed by atoms with van der Waals surface area (Å²) < 4.78 is 5.72. The topological polar surface area (TPSA) is 128 Å². The van der Waals surface area contributed by atoms with E-state index in [4.69, 9.17) is 16.2 Å². The Morgan fingerprint density at radius 3 is 2.75 bits per heavy atom. The van der Waals surface area contributed by atoms with Gasteiger partial charge in [0.05, 0.1) is 12.6 Å². The van der Waals surface area contributed by atoms with Crippen LogP contribution in [-0.4, -0.2) is 47.8 Å². The number of nitrogens with two attached hydrogens (primary N) is 2. The molecule has 0 aromatic rings. The highest BCUT2D eigenvalue weighted by Crippen LogP contribution is 2.57. The van der Waals surface area contributed by atoms with Crippen molar-refractivity contribution in [3.05, 3.63) is 0 Å². The Hall–Kier alpha value is -1.18. The highest BCUT2D eigenvalue weighted by molar-refractivity contribution is 5.90. The predicted molar refractivity (Wildman–Crippen MR) is 71.4 cm³/mol. The van der Waals surface area contributed by atoms with E-state index >= 15 is 0 Å². The summed E-state index contributed by atoms with van der Waals surface area (Å²) in [5.41, 5.74) is 9.76. The van der Waals surface area contributed by atoms with E-state index in [0.717, 1.165) is 12.8 Å². The largest absolute Gasteiger partial charge is 0.381 e. The van der Waals surface area contributed by atoms with Gasteiger partial charge in [0.1, 0.15) is 11.6 Å². The van der Waals surface area contributed by atoms with Crippen molar-refractivity contribution in [2.45, 2.75) is 44.4 Å². The molecule has 1 saturated heterocycles. The van der Waals surface area contributed by atoms with E-state index in [2.05, 4.69) is 5.32 Å². The summed E-state index contributed by atoms with van der Waals surface area (Å²) in [6, 6.07) is 0. The van der Waals surface area contributed by atoms with Gasteiger partial charge in [0.15, 0.2) is 0 Å². The summed E-state index contributed by atoms with van der Waals surface area (Å²) in [5, 5.41) is 11.9. The number of aliphatic hydroxyl groups excluding tert-OH is 1. The van der Waals surface area contributed by atoms with Crippen LogP contribution in [0.4, 0.5) is 0 Å². The average molecular weight is 285 g/mol. The lowest BCUT2D eigenvalue weighted by Gasteiger charge is -2.65. The Balaban J connectivity index is 2.06. The molecule has 0 spiro atoms. The molecular formula is C13H23N3O4. The van der Waals surface area contributed by atoms with Crippen LogP contribution in [0.25, 0.3) is 0 Å². The Labute approximate surface area is 118 Å². The van der Waals surface area contributed by atoms with Crippen LogP contribution in [0.2, 0.25) is 0 Å². The third kappa shape index (κ3) is 2.01. The zero-order valence-corrected chi connectivity index (χ0v) is 11.9. The number of hydrogen-bond acceptors (Lipinski definition) is 5. The first-order valence-corrected chi connectivity index (χ1v) is 6.89. The summed E-state index contributed by atoms with van der Waals surface area (Å²) in [4.78, 5) is 23.2. The lowest BCUT2D eigenvalue weighted by molar-refractivity contribution is -0.225. The van der Waals surface area contributed by atoms with Gasteiger partial charge in [0.25, 0.3) is 0 Å². The van der Waals surface area contributed by atoms with Crippen molar-refractivity contribution in [1.29, 1.82) is 0 Å². The molecule has 2 fully saturated rings. The minimum absolute atomic E-state index is 0.0203. The molecule has 20 heavy (non-hydrogen) atoms. The minimum atomic E-state index is -1.40. The fraction of sp³-hybridized carbons (Fsp3) is 0.846. The van der Waals surface area contributed by atoms with E-state index in [1.165, 1.54) is 0 Å². The van der Waals surface area contributed by atoms with Gasteiger partial charge in [-0.05, 0) is 12.8 Å². The van der Waals surface area contributed by atoms with E-state index in [0.29, 0.717) is 6.61 Å². The van der Waals surface area contributed by atoms with Crippen molar-refractivity contribution in [3.8, 4) is 0 Å². The third-order valence-corrected chi connectivity index (χ3v) is 4.84. The van der Waals surface area contributed by atoms with Crippen LogP contribution >= 0.6 is 0 Å². The summed E-state index contributed by atoms with van der Waals surface area (Å²) in [5.74, 6) is -1.27. The van der Waals surface area contributed by atoms with E-state index in [1.54, 1.807) is 0 Å². The number of ether oxygens (including phenoxy) is 1. The van der Waals surface area contributed by atoms with Gasteiger partial charge in [-0.15, -0.1) is 0 Å². The van der Waals surface area contributed by atoms with E-state index in [-0.39, 0.29) is 24.5 Å². The number of aliphatic hydroxyl groups is 1. The number of carbonyl (C=O) groups is 2. The second-order valence-corrected chi connectivity index (χ2v) is 6.26. The maximum Gasteiger partial charge on any atom is 0.248 e. The van der Waals surface area contributed by atoms with Gasteiger partial charge in [0, 0.05) is 17.9 Å². The molecule has 0 radical (unpaired) electrons. The average Bonchev–Trinajstić information content (AvgIpc) is 2.43. The van der Waals surface area contributed by atoms with Gasteiger partial charge in [-0.2, -0.15) is 0 Å². The molecule has 7 nitrogen and oxygen atoms in total. The van der Waals surface area contributed by atoms with Crippen molar-refractivity contribution < 1.29 is 19.4 Å². The fourth-order valence-electron chi connectivity index (χ4n) is 3.47. The van der Waals surface area contributed by atoms with Crippen LogP contribution in [0.5, 0.6) is 0 Å². The quantitative estimate of drug-likeness (QED) is 0.499. The highest BCUT2D eigenvalue weighted by atomic mass is 16.5. The second-order valence-electron chi connectivity index (χ2n) is 6.26. The summed E-state index contributed by atoms with van der Waals surface area (Å²) in [6.45, 7) is 4.29. The molecule has 0 aromatic carbocycles. The number of carbonyl (C=O) groups excluding carboxylic acids is 2. The van der Waals surface area contributed by atoms with Crippen molar-refractivity contribution >= 4 is 11.8 Å². The molecule has 2 amide bonds. The van der Waals surface area contributed by atoms with Crippen LogP contribution in [-0.2, 0) is 14.3 Å². The molecule has 0 aromatic heterocycles. The first-order chi connectivity index (χ1) is 9.23. The molecule has 1 aliphatic carbocycles. The van der Waals surface area contributed by atoms with Crippen molar-refractivity contribution in [1.82, 2.24) is 5.32 Å². The Bertz CT molecular complexity index is 426. The van der Waals surface area contributed by atoms with Crippen molar-refractivity contribution in [3.63, 3.8) is 0 Å². The summed E-state index contributed by atoms with van der Waals surface area (Å²) in [7, 11) is 0. The molecule has 114 valence electrons. The molecular weight excluding hydrogens is 262 g/mol. The predicted octanol–water partition coefficient (Wildman–Crippen LogP) is -1.52. The smallest absolute Gasteiger partial charge is 0.248 e. The van der Waals surface area contributed by atoms with Crippen LogP contribution in [0.15, 0.2) is 0 Å². The number of amides is 2. The minimum Gasteiger partial charge on any atom is -0.381 e. The van der Waals surface area contributed by atoms with Crippen LogP contribution < -0.4 is 16.8 Å². The number of rotatable bonds is 4. The molecule has 6 N–H and O–H groups in total. The van der Waals surface area contributed by atoms with Gasteiger partial charge in [-0.25, -0.2) is 0 Å². The highest BCUT2D eigenvalue weighted by Gasteiger charge is 2.70. The van der Waals surface area contributed by atoms with Gasteiger partial charge in [-0.3, -0.25) is 9.59 Å². The lowest BCUT2D eigenvalue weighted by Crippen LogP contribution is -2.82. The van der Waals surface area contributed by atoms with Crippen molar-refractivity contribution in [2.24, 2.45) is 22.8 Å². The van der Waals surface area contributed by atoms with Crippen LogP contribution in [0.1, 0.15) is 26.7 Å². The number of fused-ring (bicyclic) bond motifs is 1. The summed E-state index contributed by atoms with van der Waals surface area (Å²) in [6.07, 6.45) is 0.307. The van der Waals surface area contributed by atoms with Gasteiger partial charge < -0.3 is 26.6 Å². The molecule has 2 aliphatic rings. The maximum absolute atomic E-state index is 12.4. The maximum atomic E-state index is 12.4. The Kier molecular flexibility index (Phi) is 3.79. The molecule has 7 heteroatoms. The van der Waals surface area contributed by atoms with Gasteiger partial charge in [0.2, 0.25) is 11.8 Å². The molecule has 2 rings (SSSR count). The monoisotopic (exact) mass is 285 g/mol. The Morgan fingerprint density at radius 1 is 1.50 bits per heavy atom. The SMILES string of the molecule is CC1(C)C2OCCCC2C1(N)C(=O)NCC(O)C(N)=O. The second kappa shape index (κ2) is 4.98. The zero-order chi connectivity index (χ0) is 15.1. The first-order valence-electron chi connectivity index (χ1n) is 6.89. The third-order valence-electron chi connectivity index (χ3n) is 4.84. The normalized spacial score (nSPS) is 36.4. The standard InChI is InChI=1S/C13H23N3O4/c1-12(2)9-7(4-3-5-20-9)13(12,15)11(19)16-6-8(17)10(14)18/h7-9,17H,3-6,15H2,1-2H3,(H2,14,18)(H,16,19). The van der Waals surface area contributed by atoms with E-state index < -0.39 is 23.0 Å². The molecule has 0 bridgehead atoms. The molecule has 1 aliphatic heterocycles. The molecule has 4 unspecified atom stereocenters. The Morgan fingerprint density at radius 2 is 2.15 bits per heavy atom. The number of primary amides is 1. The number of hydrogen-bond donors (Lipinski definition) is 4. The van der Waals surface area contributed by atoms with Crippen LogP contribution in [0.3, 0.4) is 0 Å².